The summed E-state index contributed by atoms with van der Waals surface area (Å²) in [4.78, 5) is 25.3. The normalized spacial score (nSPS) is 25.2. The van der Waals surface area contributed by atoms with Crippen LogP contribution >= 0.6 is 0 Å². The van der Waals surface area contributed by atoms with E-state index in [0.29, 0.717) is 32.1 Å². The Balaban J connectivity index is 2.25. The first-order valence-electron chi connectivity index (χ1n) is 6.97. The monoisotopic (exact) mass is 248 g/mol. The zero-order valence-corrected chi connectivity index (χ0v) is 10.8. The van der Waals surface area contributed by atoms with Crippen LogP contribution in [0.5, 0.6) is 0 Å². The molecule has 2 rings (SSSR count). The van der Waals surface area contributed by atoms with Crippen LogP contribution in [0.2, 0.25) is 0 Å². The van der Waals surface area contributed by atoms with Gasteiger partial charge in [-0.3, -0.25) is 14.5 Å². The summed E-state index contributed by atoms with van der Waals surface area (Å²) in [5.74, 6) is -0.290. The molecule has 1 aliphatic carbocycles. The van der Waals surface area contributed by atoms with Crippen LogP contribution in [0, 0.1) is 11.3 Å². The third kappa shape index (κ3) is 2.40. The van der Waals surface area contributed by atoms with E-state index in [2.05, 4.69) is 6.07 Å². The van der Waals surface area contributed by atoms with E-state index in [9.17, 15) is 14.9 Å². The van der Waals surface area contributed by atoms with Gasteiger partial charge in [0.15, 0.2) is 0 Å². The molecule has 0 aromatic carbocycles. The first kappa shape index (κ1) is 13.1. The van der Waals surface area contributed by atoms with Crippen molar-refractivity contribution in [2.45, 2.75) is 69.7 Å². The highest BCUT2D eigenvalue weighted by Crippen LogP contribution is 2.34. The third-order valence-electron chi connectivity index (χ3n) is 4.10. The molecule has 4 heteroatoms. The van der Waals surface area contributed by atoms with Crippen LogP contribution in [-0.2, 0) is 9.59 Å². The Bertz CT molecular complexity index is 360. The highest BCUT2D eigenvalue weighted by molar-refractivity contribution is 5.98. The number of piperidine rings is 1. The Morgan fingerprint density at radius 3 is 1.89 bits per heavy atom. The lowest BCUT2D eigenvalue weighted by atomic mass is 9.82. The summed E-state index contributed by atoms with van der Waals surface area (Å²) in [5, 5.41) is 9.55. The number of hydrogen-bond donors (Lipinski definition) is 0. The first-order chi connectivity index (χ1) is 8.69. The van der Waals surface area contributed by atoms with E-state index >= 15 is 0 Å². The van der Waals surface area contributed by atoms with Gasteiger partial charge in [-0.1, -0.05) is 32.1 Å². The Hall–Kier alpha value is -1.37. The summed E-state index contributed by atoms with van der Waals surface area (Å²) in [7, 11) is 0. The Morgan fingerprint density at radius 2 is 1.39 bits per heavy atom. The molecule has 1 heterocycles. The molecule has 1 saturated heterocycles. The van der Waals surface area contributed by atoms with Crippen molar-refractivity contribution in [1.29, 1.82) is 5.26 Å². The maximum Gasteiger partial charge on any atom is 0.230 e. The fraction of sp³-hybridized carbons (Fsp3) is 0.786. The molecule has 0 aromatic rings. The lowest BCUT2D eigenvalue weighted by molar-refractivity contribution is -0.154. The van der Waals surface area contributed by atoms with E-state index in [-0.39, 0.29) is 11.8 Å². The van der Waals surface area contributed by atoms with Crippen LogP contribution in [-0.4, -0.2) is 22.3 Å². The summed E-state index contributed by atoms with van der Waals surface area (Å²) in [6.45, 7) is 0. The van der Waals surface area contributed by atoms with Gasteiger partial charge in [0.05, 0.1) is 6.07 Å². The summed E-state index contributed by atoms with van der Waals surface area (Å²) in [5.41, 5.74) is -0.852. The van der Waals surface area contributed by atoms with Gasteiger partial charge in [0.25, 0.3) is 0 Å². The number of hydrogen-bond acceptors (Lipinski definition) is 3. The van der Waals surface area contributed by atoms with Crippen molar-refractivity contribution < 1.29 is 9.59 Å². The maximum atomic E-state index is 12.0. The van der Waals surface area contributed by atoms with Crippen molar-refractivity contribution in [3.05, 3.63) is 0 Å². The highest BCUT2D eigenvalue weighted by Gasteiger charge is 2.44. The van der Waals surface area contributed by atoms with Gasteiger partial charge in [-0.2, -0.15) is 5.26 Å². The summed E-state index contributed by atoms with van der Waals surface area (Å²) >= 11 is 0. The zero-order valence-electron chi connectivity index (χ0n) is 10.8. The van der Waals surface area contributed by atoms with Crippen molar-refractivity contribution in [3.8, 4) is 6.07 Å². The third-order valence-corrected chi connectivity index (χ3v) is 4.10. The van der Waals surface area contributed by atoms with Crippen molar-refractivity contribution in [1.82, 2.24) is 4.90 Å². The predicted octanol–water partition coefficient (Wildman–Crippen LogP) is 2.53. The molecule has 4 nitrogen and oxygen atoms in total. The Labute approximate surface area is 108 Å². The van der Waals surface area contributed by atoms with Crippen LogP contribution < -0.4 is 0 Å². The van der Waals surface area contributed by atoms with Gasteiger partial charge >= 0.3 is 0 Å². The number of imide groups is 1. The highest BCUT2D eigenvalue weighted by atomic mass is 16.2. The zero-order chi connectivity index (χ0) is 13.0. The molecule has 18 heavy (non-hydrogen) atoms. The van der Waals surface area contributed by atoms with E-state index in [1.54, 1.807) is 0 Å². The van der Waals surface area contributed by atoms with E-state index < -0.39 is 5.54 Å². The molecule has 2 fully saturated rings. The molecule has 0 unspecified atom stereocenters. The van der Waals surface area contributed by atoms with Crippen molar-refractivity contribution in [3.63, 3.8) is 0 Å². The maximum absolute atomic E-state index is 12.0. The van der Waals surface area contributed by atoms with Gasteiger partial charge < -0.3 is 0 Å². The van der Waals surface area contributed by atoms with Crippen LogP contribution in [0.1, 0.15) is 64.2 Å². The second kappa shape index (κ2) is 5.51. The number of nitrogens with zero attached hydrogens (tertiary/aromatic N) is 2. The van der Waals surface area contributed by atoms with E-state index in [1.807, 2.05) is 0 Å². The molecular formula is C14H20N2O2. The van der Waals surface area contributed by atoms with Gasteiger partial charge in [-0.25, -0.2) is 0 Å². The number of carbonyl (C=O) groups is 2. The van der Waals surface area contributed by atoms with Crippen LogP contribution in [0.4, 0.5) is 0 Å². The minimum atomic E-state index is -0.852. The molecule has 1 saturated carbocycles. The Morgan fingerprint density at radius 1 is 0.889 bits per heavy atom. The molecule has 0 N–H and O–H groups in total. The molecule has 0 atom stereocenters. The van der Waals surface area contributed by atoms with Crippen molar-refractivity contribution in [2.24, 2.45) is 0 Å². The quantitative estimate of drug-likeness (QED) is 0.670. The summed E-state index contributed by atoms with van der Waals surface area (Å²) < 4.78 is 0. The van der Waals surface area contributed by atoms with Gasteiger partial charge in [-0.05, 0) is 19.3 Å². The van der Waals surface area contributed by atoms with Crippen molar-refractivity contribution >= 4 is 11.8 Å². The second-order valence-corrected chi connectivity index (χ2v) is 5.39. The average Bonchev–Trinajstić information content (AvgIpc) is 2.31. The fourth-order valence-electron chi connectivity index (χ4n) is 3.11. The topological polar surface area (TPSA) is 61.2 Å². The predicted molar refractivity (Wildman–Crippen MR) is 66.4 cm³/mol. The number of rotatable bonds is 1. The lowest BCUT2D eigenvalue weighted by Gasteiger charge is -2.40. The number of nitriles is 1. The minimum absolute atomic E-state index is 0.145. The fourth-order valence-corrected chi connectivity index (χ4v) is 3.11. The molecule has 0 aromatic heterocycles. The number of amides is 2. The smallest absolute Gasteiger partial charge is 0.230 e. The summed E-state index contributed by atoms with van der Waals surface area (Å²) in [6, 6.07) is 2.30. The van der Waals surface area contributed by atoms with Gasteiger partial charge in [-0.15, -0.1) is 0 Å². The first-order valence-corrected chi connectivity index (χ1v) is 6.97. The standard InChI is InChI=1S/C14H20N2O2/c15-11-14(9-4-2-1-3-5-10-14)16-12(17)7-6-8-13(16)18/h1-10H2. The Kier molecular flexibility index (Phi) is 4.00. The molecular weight excluding hydrogens is 228 g/mol. The van der Waals surface area contributed by atoms with E-state index in [0.717, 1.165) is 25.7 Å². The van der Waals surface area contributed by atoms with Crippen LogP contribution in [0.3, 0.4) is 0 Å². The van der Waals surface area contributed by atoms with Gasteiger partial charge in [0.2, 0.25) is 11.8 Å². The van der Waals surface area contributed by atoms with E-state index in [4.69, 9.17) is 0 Å². The van der Waals surface area contributed by atoms with Gasteiger partial charge in [0, 0.05) is 12.8 Å². The average molecular weight is 248 g/mol. The molecule has 1 aliphatic heterocycles. The molecule has 0 spiro atoms. The lowest BCUT2D eigenvalue weighted by Crippen LogP contribution is -2.55. The molecule has 2 aliphatic rings. The largest absolute Gasteiger partial charge is 0.274 e. The molecule has 0 radical (unpaired) electrons. The molecule has 98 valence electrons. The number of carbonyl (C=O) groups excluding carboxylic acids is 2. The second-order valence-electron chi connectivity index (χ2n) is 5.39. The SMILES string of the molecule is N#CC1(N2C(=O)CCCC2=O)CCCCCCC1. The number of likely N-dealkylation sites (tertiary alicyclic amines) is 1. The molecule has 0 bridgehead atoms. The van der Waals surface area contributed by atoms with E-state index in [1.165, 1.54) is 11.3 Å². The minimum Gasteiger partial charge on any atom is -0.274 e. The van der Waals surface area contributed by atoms with Gasteiger partial charge in [0.1, 0.15) is 5.54 Å². The van der Waals surface area contributed by atoms with Crippen LogP contribution in [0.15, 0.2) is 0 Å². The van der Waals surface area contributed by atoms with Crippen molar-refractivity contribution in [2.75, 3.05) is 0 Å². The van der Waals surface area contributed by atoms with Crippen LogP contribution in [0.25, 0.3) is 0 Å². The molecule has 2 amide bonds. The summed E-state index contributed by atoms with van der Waals surface area (Å²) in [6.07, 6.45) is 8.03.